The summed E-state index contributed by atoms with van der Waals surface area (Å²) in [5.41, 5.74) is 3.31. The molecule has 0 fully saturated rings. The lowest BCUT2D eigenvalue weighted by atomic mass is 10.1. The van der Waals surface area contributed by atoms with Crippen molar-refractivity contribution < 1.29 is 4.79 Å². The Hall–Kier alpha value is -3.02. The number of benzene rings is 2. The van der Waals surface area contributed by atoms with Gasteiger partial charge in [0.1, 0.15) is 0 Å². The summed E-state index contributed by atoms with van der Waals surface area (Å²) in [5.74, 6) is 5.68. The Kier molecular flexibility index (Phi) is 5.51. The van der Waals surface area contributed by atoms with Gasteiger partial charge in [0.15, 0.2) is 0 Å². The molecule has 25 heavy (non-hydrogen) atoms. The van der Waals surface area contributed by atoms with E-state index in [4.69, 9.17) is 5.84 Å². The van der Waals surface area contributed by atoms with Crippen LogP contribution in [0.1, 0.15) is 21.6 Å². The Morgan fingerprint density at radius 3 is 2.32 bits per heavy atom. The lowest BCUT2D eigenvalue weighted by Gasteiger charge is -2.16. The summed E-state index contributed by atoms with van der Waals surface area (Å²) in [4.78, 5) is 16.7. The average molecular weight is 332 g/mol. The van der Waals surface area contributed by atoms with Crippen LogP contribution in [0.2, 0.25) is 0 Å². The Bertz CT molecular complexity index is 804. The van der Waals surface area contributed by atoms with Crippen LogP contribution in [-0.2, 0) is 13.1 Å². The Balaban J connectivity index is 1.57. The van der Waals surface area contributed by atoms with Crippen molar-refractivity contribution in [1.29, 1.82) is 0 Å². The summed E-state index contributed by atoms with van der Waals surface area (Å²) in [6.45, 7) is 1.40. The molecular formula is C20H20N4O. The maximum absolute atomic E-state index is 12.4. The molecule has 126 valence electrons. The van der Waals surface area contributed by atoms with Gasteiger partial charge in [0.25, 0.3) is 5.91 Å². The number of hydrazine groups is 1. The van der Waals surface area contributed by atoms with Crippen LogP contribution < -0.4 is 16.2 Å². The van der Waals surface area contributed by atoms with E-state index < -0.39 is 0 Å². The van der Waals surface area contributed by atoms with Crippen LogP contribution in [0.4, 0.5) is 5.69 Å². The highest BCUT2D eigenvalue weighted by Gasteiger charge is 2.13. The van der Waals surface area contributed by atoms with Crippen LogP contribution in [0.25, 0.3) is 0 Å². The van der Waals surface area contributed by atoms with E-state index in [1.807, 2.05) is 48.5 Å². The molecule has 3 rings (SSSR count). The van der Waals surface area contributed by atoms with Gasteiger partial charge < -0.3 is 5.32 Å². The van der Waals surface area contributed by atoms with E-state index in [0.29, 0.717) is 24.3 Å². The van der Waals surface area contributed by atoms with Gasteiger partial charge >= 0.3 is 0 Å². The lowest BCUT2D eigenvalue weighted by molar-refractivity contribution is 0.0987. The number of para-hydroxylation sites is 1. The smallest absolute Gasteiger partial charge is 0.272 e. The lowest BCUT2D eigenvalue weighted by Crippen LogP contribution is -2.37. The van der Waals surface area contributed by atoms with Gasteiger partial charge in [-0.15, -0.1) is 0 Å². The Morgan fingerprint density at radius 2 is 1.64 bits per heavy atom. The van der Waals surface area contributed by atoms with Gasteiger partial charge in [0, 0.05) is 24.8 Å². The second-order valence-corrected chi connectivity index (χ2v) is 5.63. The molecule has 0 aliphatic carbocycles. The fourth-order valence-corrected chi connectivity index (χ4v) is 2.45. The molecule has 0 radical (unpaired) electrons. The summed E-state index contributed by atoms with van der Waals surface area (Å²) in [7, 11) is 0. The summed E-state index contributed by atoms with van der Waals surface area (Å²) >= 11 is 0. The minimum atomic E-state index is -0.237. The van der Waals surface area contributed by atoms with Crippen LogP contribution in [0.5, 0.6) is 0 Å². The zero-order chi connectivity index (χ0) is 17.5. The van der Waals surface area contributed by atoms with Crippen molar-refractivity contribution in [2.45, 2.75) is 13.1 Å². The summed E-state index contributed by atoms with van der Waals surface area (Å²) in [5, 5.41) is 4.49. The van der Waals surface area contributed by atoms with E-state index in [2.05, 4.69) is 10.3 Å². The van der Waals surface area contributed by atoms with Crippen LogP contribution in [0, 0.1) is 0 Å². The van der Waals surface area contributed by atoms with E-state index in [9.17, 15) is 4.79 Å². The zero-order valence-electron chi connectivity index (χ0n) is 13.8. The van der Waals surface area contributed by atoms with Crippen molar-refractivity contribution in [1.82, 2.24) is 10.3 Å². The number of carbonyl (C=O) groups excluding carboxylic acids is 1. The molecule has 5 nitrogen and oxygen atoms in total. The van der Waals surface area contributed by atoms with Crippen molar-refractivity contribution in [3.63, 3.8) is 0 Å². The molecule has 1 heterocycles. The molecule has 0 spiro atoms. The van der Waals surface area contributed by atoms with Crippen LogP contribution in [0.3, 0.4) is 0 Å². The number of hydrogen-bond acceptors (Lipinski definition) is 4. The summed E-state index contributed by atoms with van der Waals surface area (Å²) in [6, 6.07) is 22.5. The molecule has 1 amide bonds. The highest BCUT2D eigenvalue weighted by molar-refractivity contribution is 6.05. The third-order valence-electron chi connectivity index (χ3n) is 3.82. The van der Waals surface area contributed by atoms with Crippen LogP contribution in [0.15, 0.2) is 79.0 Å². The SMILES string of the molecule is NN(C(=O)c1ccc(CNCc2ccccn2)cc1)c1ccccc1. The minimum Gasteiger partial charge on any atom is -0.307 e. The fraction of sp³-hybridized carbons (Fsp3) is 0.100. The number of nitrogens with zero attached hydrogens (tertiary/aromatic N) is 2. The van der Waals surface area contributed by atoms with Crippen LogP contribution in [-0.4, -0.2) is 10.9 Å². The topological polar surface area (TPSA) is 71.2 Å². The third-order valence-corrected chi connectivity index (χ3v) is 3.82. The highest BCUT2D eigenvalue weighted by atomic mass is 16.2. The standard InChI is InChI=1S/C20H20N4O/c21-24(19-7-2-1-3-8-19)20(25)17-11-9-16(10-12-17)14-22-15-18-6-4-5-13-23-18/h1-13,22H,14-15,21H2. The van der Waals surface area contributed by atoms with E-state index in [0.717, 1.165) is 16.3 Å². The fourth-order valence-electron chi connectivity index (χ4n) is 2.45. The second-order valence-electron chi connectivity index (χ2n) is 5.63. The number of anilines is 1. The molecule has 3 N–H and O–H groups in total. The molecule has 0 unspecified atom stereocenters. The van der Waals surface area contributed by atoms with Gasteiger partial charge in [-0.25, -0.2) is 10.9 Å². The summed E-state index contributed by atoms with van der Waals surface area (Å²) < 4.78 is 0. The van der Waals surface area contributed by atoms with Gasteiger partial charge in [-0.05, 0) is 42.0 Å². The molecule has 0 saturated carbocycles. The number of hydrogen-bond donors (Lipinski definition) is 2. The second kappa shape index (κ2) is 8.19. The molecule has 5 heteroatoms. The maximum atomic E-state index is 12.4. The molecule has 0 aliphatic rings. The number of rotatable bonds is 6. The number of carbonyl (C=O) groups is 1. The molecule has 0 saturated heterocycles. The average Bonchev–Trinajstić information content (AvgIpc) is 2.69. The maximum Gasteiger partial charge on any atom is 0.272 e. The first-order valence-corrected chi connectivity index (χ1v) is 8.08. The van der Waals surface area contributed by atoms with Gasteiger partial charge in [-0.1, -0.05) is 36.4 Å². The van der Waals surface area contributed by atoms with E-state index in [1.54, 1.807) is 30.5 Å². The van der Waals surface area contributed by atoms with Gasteiger partial charge in [-0.2, -0.15) is 0 Å². The first-order chi connectivity index (χ1) is 12.2. The van der Waals surface area contributed by atoms with E-state index in [-0.39, 0.29) is 5.91 Å². The highest BCUT2D eigenvalue weighted by Crippen LogP contribution is 2.14. The molecule has 3 aromatic rings. The Morgan fingerprint density at radius 1 is 0.920 bits per heavy atom. The first kappa shape index (κ1) is 16.8. The number of aromatic nitrogens is 1. The number of amides is 1. The molecule has 2 aromatic carbocycles. The molecule has 1 aromatic heterocycles. The monoisotopic (exact) mass is 332 g/mol. The van der Waals surface area contributed by atoms with Gasteiger partial charge in [-0.3, -0.25) is 9.78 Å². The largest absolute Gasteiger partial charge is 0.307 e. The quantitative estimate of drug-likeness (QED) is 0.414. The molecule has 0 aliphatic heterocycles. The van der Waals surface area contributed by atoms with Gasteiger partial charge in [0.2, 0.25) is 0 Å². The first-order valence-electron chi connectivity index (χ1n) is 8.08. The van der Waals surface area contributed by atoms with Crippen molar-refractivity contribution in [3.8, 4) is 0 Å². The normalized spacial score (nSPS) is 10.4. The molecular weight excluding hydrogens is 312 g/mol. The molecule has 0 atom stereocenters. The van der Waals surface area contributed by atoms with E-state index in [1.165, 1.54) is 0 Å². The third kappa shape index (κ3) is 4.50. The number of pyridine rings is 1. The van der Waals surface area contributed by atoms with Crippen LogP contribution >= 0.6 is 0 Å². The molecule has 0 bridgehead atoms. The van der Waals surface area contributed by atoms with Crippen molar-refractivity contribution in [2.24, 2.45) is 5.84 Å². The zero-order valence-corrected chi connectivity index (χ0v) is 13.8. The number of nitrogens with one attached hydrogen (secondary N) is 1. The van der Waals surface area contributed by atoms with E-state index >= 15 is 0 Å². The van der Waals surface area contributed by atoms with Crippen molar-refractivity contribution in [2.75, 3.05) is 5.01 Å². The van der Waals surface area contributed by atoms with Crippen molar-refractivity contribution >= 4 is 11.6 Å². The number of nitrogens with two attached hydrogens (primary N) is 1. The Labute approximate surface area is 147 Å². The van der Waals surface area contributed by atoms with Crippen molar-refractivity contribution in [3.05, 3.63) is 95.8 Å². The minimum absolute atomic E-state index is 0.237. The summed E-state index contributed by atoms with van der Waals surface area (Å²) in [6.07, 6.45) is 1.78. The van der Waals surface area contributed by atoms with Gasteiger partial charge in [0.05, 0.1) is 11.4 Å². The predicted octanol–water partition coefficient (Wildman–Crippen LogP) is 2.89. The predicted molar refractivity (Wildman–Crippen MR) is 98.7 cm³/mol.